The Morgan fingerprint density at radius 3 is 2.47 bits per heavy atom. The predicted molar refractivity (Wildman–Crippen MR) is 58.9 cm³/mol. The van der Waals surface area contributed by atoms with E-state index in [0.717, 1.165) is 18.6 Å². The molecule has 0 aliphatic heterocycles. The van der Waals surface area contributed by atoms with Gasteiger partial charge in [0.25, 0.3) is 10.1 Å². The minimum Gasteiger partial charge on any atom is -0.270 e. The van der Waals surface area contributed by atoms with Crippen molar-refractivity contribution in [1.82, 2.24) is 0 Å². The quantitative estimate of drug-likeness (QED) is 0.699. The number of hydrogen-bond acceptors (Lipinski definition) is 3. The second kappa shape index (κ2) is 3.45. The number of hydrogen-bond donors (Lipinski definition) is 0. The zero-order valence-electron chi connectivity index (χ0n) is 9.69. The molecule has 3 rings (SSSR count). The molecule has 0 saturated heterocycles. The van der Waals surface area contributed by atoms with Gasteiger partial charge in [-0.3, -0.25) is 4.18 Å². The molecule has 0 heterocycles. The van der Waals surface area contributed by atoms with Crippen LogP contribution in [0.5, 0.6) is 0 Å². The summed E-state index contributed by atoms with van der Waals surface area (Å²) in [6.45, 7) is 5.00. The van der Waals surface area contributed by atoms with E-state index in [1.54, 1.807) is 0 Å². The van der Waals surface area contributed by atoms with Crippen LogP contribution >= 0.6 is 0 Å². The van der Waals surface area contributed by atoms with Gasteiger partial charge in [0, 0.05) is 0 Å². The van der Waals surface area contributed by atoms with Gasteiger partial charge in [-0.2, -0.15) is 8.42 Å². The molecule has 3 atom stereocenters. The lowest BCUT2D eigenvalue weighted by Crippen LogP contribution is -2.53. The molecule has 4 heteroatoms. The van der Waals surface area contributed by atoms with Crippen molar-refractivity contribution in [3.05, 3.63) is 0 Å². The molecule has 3 saturated carbocycles. The molecule has 3 fully saturated rings. The van der Waals surface area contributed by atoms with Gasteiger partial charge in [-0.25, -0.2) is 0 Å². The van der Waals surface area contributed by atoms with Crippen molar-refractivity contribution in [2.75, 3.05) is 12.9 Å². The van der Waals surface area contributed by atoms with E-state index in [1.165, 1.54) is 12.8 Å². The Morgan fingerprint density at radius 2 is 2.00 bits per heavy atom. The minimum atomic E-state index is -3.27. The van der Waals surface area contributed by atoms with Crippen LogP contribution in [0.4, 0.5) is 0 Å². The molecule has 0 spiro atoms. The Balaban J connectivity index is 1.94. The molecule has 0 amide bonds. The molecule has 3 nitrogen and oxygen atoms in total. The molecule has 3 aliphatic carbocycles. The first-order valence-corrected chi connectivity index (χ1v) is 7.47. The average Bonchev–Trinajstić information content (AvgIpc) is 2.13. The van der Waals surface area contributed by atoms with Crippen LogP contribution in [-0.4, -0.2) is 21.3 Å². The fraction of sp³-hybridized carbons (Fsp3) is 1.00. The molecule has 0 aromatic rings. The molecule has 0 aromatic heterocycles. The fourth-order valence-corrected chi connectivity index (χ4v) is 3.79. The van der Waals surface area contributed by atoms with E-state index < -0.39 is 10.1 Å². The highest BCUT2D eigenvalue weighted by atomic mass is 32.2. The normalized spacial score (nSPS) is 38.5. The van der Waals surface area contributed by atoms with Crippen molar-refractivity contribution < 1.29 is 12.6 Å². The Morgan fingerprint density at radius 1 is 1.33 bits per heavy atom. The Hall–Kier alpha value is -0.0900. The van der Waals surface area contributed by atoms with Crippen LogP contribution in [0, 0.1) is 23.2 Å². The molecule has 15 heavy (non-hydrogen) atoms. The first-order valence-electron chi connectivity index (χ1n) is 5.65. The van der Waals surface area contributed by atoms with Crippen molar-refractivity contribution in [1.29, 1.82) is 0 Å². The topological polar surface area (TPSA) is 43.4 Å². The maximum absolute atomic E-state index is 10.9. The van der Waals surface area contributed by atoms with Crippen LogP contribution in [0.1, 0.15) is 33.1 Å². The molecule has 3 aliphatic rings. The lowest BCUT2D eigenvalue weighted by Gasteiger charge is -2.60. The third-order valence-corrected chi connectivity index (χ3v) is 5.06. The second-order valence-electron chi connectivity index (χ2n) is 5.69. The summed E-state index contributed by atoms with van der Waals surface area (Å²) in [6, 6.07) is 0. The van der Waals surface area contributed by atoms with E-state index in [4.69, 9.17) is 4.18 Å². The van der Waals surface area contributed by atoms with Crippen molar-refractivity contribution >= 4 is 10.1 Å². The lowest BCUT2D eigenvalue weighted by molar-refractivity contribution is -0.113. The summed E-state index contributed by atoms with van der Waals surface area (Å²) in [5.41, 5.74) is 0.407. The van der Waals surface area contributed by atoms with Crippen LogP contribution in [-0.2, 0) is 14.3 Å². The molecule has 0 N–H and O–H groups in total. The lowest BCUT2D eigenvalue weighted by atomic mass is 9.46. The minimum absolute atomic E-state index is 0.389. The monoisotopic (exact) mass is 232 g/mol. The van der Waals surface area contributed by atoms with E-state index in [9.17, 15) is 8.42 Å². The van der Waals surface area contributed by atoms with Crippen molar-refractivity contribution in [2.45, 2.75) is 33.1 Å². The number of fused-ring (bicyclic) bond motifs is 2. The van der Waals surface area contributed by atoms with Gasteiger partial charge in [0.1, 0.15) is 0 Å². The van der Waals surface area contributed by atoms with Crippen LogP contribution in [0.3, 0.4) is 0 Å². The summed E-state index contributed by atoms with van der Waals surface area (Å²) in [6.07, 6.45) is 4.77. The third-order valence-electron chi connectivity index (χ3n) is 4.50. The summed E-state index contributed by atoms with van der Waals surface area (Å²) < 4.78 is 26.8. The maximum Gasteiger partial charge on any atom is 0.264 e. The smallest absolute Gasteiger partial charge is 0.264 e. The largest absolute Gasteiger partial charge is 0.270 e. The highest BCUT2D eigenvalue weighted by Crippen LogP contribution is 2.61. The molecule has 88 valence electrons. The van der Waals surface area contributed by atoms with Crippen LogP contribution in [0.25, 0.3) is 0 Å². The van der Waals surface area contributed by atoms with Crippen LogP contribution in [0.2, 0.25) is 0 Å². The third kappa shape index (κ3) is 2.07. The van der Waals surface area contributed by atoms with Gasteiger partial charge in [0.05, 0.1) is 12.9 Å². The molecule has 0 aromatic carbocycles. The summed E-state index contributed by atoms with van der Waals surface area (Å²) in [5, 5.41) is 0. The molecular weight excluding hydrogens is 212 g/mol. The van der Waals surface area contributed by atoms with Gasteiger partial charge in [-0.1, -0.05) is 13.8 Å². The Bertz CT molecular complexity index is 343. The molecule has 2 bridgehead atoms. The zero-order valence-corrected chi connectivity index (χ0v) is 10.5. The molecular formula is C11H20O3S. The van der Waals surface area contributed by atoms with Crippen LogP contribution in [0.15, 0.2) is 0 Å². The summed E-state index contributed by atoms with van der Waals surface area (Å²) in [5.74, 6) is 1.97. The van der Waals surface area contributed by atoms with Gasteiger partial charge >= 0.3 is 0 Å². The Kier molecular flexibility index (Phi) is 2.62. The van der Waals surface area contributed by atoms with Gasteiger partial charge < -0.3 is 0 Å². The standard InChI is InChI=1S/C11H20O3S/c1-11(2)9-5-4-8(10(11)6-9)7-14-15(3,12)13/h8-10H,4-7H2,1-3H3/t8?,9-,10+/m0/s1. The maximum atomic E-state index is 10.9. The van der Waals surface area contributed by atoms with E-state index >= 15 is 0 Å². The van der Waals surface area contributed by atoms with E-state index in [0.29, 0.717) is 23.9 Å². The Labute approximate surface area is 92.3 Å². The highest BCUT2D eigenvalue weighted by Gasteiger charge is 2.54. The summed E-state index contributed by atoms with van der Waals surface area (Å²) in [7, 11) is -3.27. The van der Waals surface area contributed by atoms with Crippen molar-refractivity contribution in [3.8, 4) is 0 Å². The van der Waals surface area contributed by atoms with Crippen LogP contribution < -0.4 is 0 Å². The number of rotatable bonds is 3. The van der Waals surface area contributed by atoms with Gasteiger partial charge in [-0.05, 0) is 42.4 Å². The zero-order chi connectivity index (χ0) is 11.3. The second-order valence-corrected chi connectivity index (χ2v) is 7.33. The van der Waals surface area contributed by atoms with Gasteiger partial charge in [0.2, 0.25) is 0 Å². The highest BCUT2D eigenvalue weighted by molar-refractivity contribution is 7.85. The summed E-state index contributed by atoms with van der Waals surface area (Å²) in [4.78, 5) is 0. The van der Waals surface area contributed by atoms with Gasteiger partial charge in [-0.15, -0.1) is 0 Å². The first-order chi connectivity index (χ1) is 6.81. The first kappa shape index (κ1) is 11.4. The van der Waals surface area contributed by atoms with Crippen molar-refractivity contribution in [3.63, 3.8) is 0 Å². The predicted octanol–water partition coefficient (Wildman–Crippen LogP) is 2.03. The van der Waals surface area contributed by atoms with Gasteiger partial charge in [0.15, 0.2) is 0 Å². The summed E-state index contributed by atoms with van der Waals surface area (Å²) >= 11 is 0. The van der Waals surface area contributed by atoms with E-state index in [1.807, 2.05) is 0 Å². The molecule has 0 radical (unpaired) electrons. The van der Waals surface area contributed by atoms with E-state index in [2.05, 4.69) is 13.8 Å². The van der Waals surface area contributed by atoms with Crippen molar-refractivity contribution in [2.24, 2.45) is 23.2 Å². The molecule has 1 unspecified atom stereocenters. The average molecular weight is 232 g/mol. The SMILES string of the molecule is CC1(C)[C@H]2CCC(COS(C)(=O)=O)[C@H]1C2. The fourth-order valence-electron chi connectivity index (χ4n) is 3.37. The van der Waals surface area contributed by atoms with E-state index in [-0.39, 0.29) is 0 Å².